The molecule has 1 amide bonds. The number of fused-ring (bicyclic) bond motifs is 1. The van der Waals surface area contributed by atoms with Gasteiger partial charge in [0, 0.05) is 11.3 Å². The molecule has 0 aliphatic heterocycles. The molecule has 4 nitrogen and oxygen atoms in total. The molecule has 0 saturated carbocycles. The van der Waals surface area contributed by atoms with Gasteiger partial charge in [-0.05, 0) is 47.4 Å². The first kappa shape index (κ1) is 16.3. The molecule has 0 aliphatic carbocycles. The van der Waals surface area contributed by atoms with Crippen molar-refractivity contribution in [2.24, 2.45) is 0 Å². The standard InChI is InChI=1S/C21H16N2O2S/c24-20(16-9-5-2-6-10-16)22-17-11-12-19-18(13-17)21(25)26-23(19)14-15-7-3-1-4-8-15/h1-13H,14H2,(H,22,24). The number of aromatic nitrogens is 1. The van der Waals surface area contributed by atoms with Crippen LogP contribution in [0.5, 0.6) is 0 Å². The fourth-order valence-electron chi connectivity index (χ4n) is 2.85. The first-order valence-corrected chi connectivity index (χ1v) is 9.02. The molecule has 26 heavy (non-hydrogen) atoms. The number of benzene rings is 3. The van der Waals surface area contributed by atoms with Crippen LogP contribution in [0.2, 0.25) is 0 Å². The Labute approximate surface area is 154 Å². The maximum absolute atomic E-state index is 12.4. The summed E-state index contributed by atoms with van der Waals surface area (Å²) in [5.41, 5.74) is 3.22. The van der Waals surface area contributed by atoms with Crippen LogP contribution < -0.4 is 10.1 Å². The minimum Gasteiger partial charge on any atom is -0.322 e. The summed E-state index contributed by atoms with van der Waals surface area (Å²) in [6, 6.07) is 24.5. The number of carbonyl (C=O) groups excluding carboxylic acids is 1. The highest BCUT2D eigenvalue weighted by Crippen LogP contribution is 2.21. The summed E-state index contributed by atoms with van der Waals surface area (Å²) in [6.07, 6.45) is 0. The van der Waals surface area contributed by atoms with Gasteiger partial charge in [-0.2, -0.15) is 0 Å². The molecule has 0 unspecified atom stereocenters. The monoisotopic (exact) mass is 360 g/mol. The van der Waals surface area contributed by atoms with E-state index in [1.807, 2.05) is 64.6 Å². The van der Waals surface area contributed by atoms with Gasteiger partial charge in [0.2, 0.25) is 0 Å². The Balaban J connectivity index is 1.63. The van der Waals surface area contributed by atoms with Crippen molar-refractivity contribution in [3.8, 4) is 0 Å². The molecule has 0 atom stereocenters. The second-order valence-electron chi connectivity index (χ2n) is 5.95. The van der Waals surface area contributed by atoms with Gasteiger partial charge < -0.3 is 5.32 Å². The van der Waals surface area contributed by atoms with Gasteiger partial charge in [-0.3, -0.25) is 13.5 Å². The van der Waals surface area contributed by atoms with Crippen molar-refractivity contribution >= 4 is 34.0 Å². The molecule has 0 radical (unpaired) electrons. The Morgan fingerprint density at radius 1 is 0.923 bits per heavy atom. The molecule has 4 rings (SSSR count). The normalized spacial score (nSPS) is 10.8. The number of hydrogen-bond donors (Lipinski definition) is 1. The molecule has 4 aromatic rings. The molecule has 1 N–H and O–H groups in total. The highest BCUT2D eigenvalue weighted by atomic mass is 32.1. The fraction of sp³-hybridized carbons (Fsp3) is 0.0476. The SMILES string of the molecule is O=C(Nc1ccc2c(c1)c(=O)sn2Cc1ccccc1)c1ccccc1. The van der Waals surface area contributed by atoms with Crippen molar-refractivity contribution in [2.75, 3.05) is 5.32 Å². The molecule has 1 heterocycles. The van der Waals surface area contributed by atoms with Crippen molar-refractivity contribution in [2.45, 2.75) is 6.54 Å². The summed E-state index contributed by atoms with van der Waals surface area (Å²) in [6.45, 7) is 0.653. The predicted octanol–water partition coefficient (Wildman–Crippen LogP) is 4.36. The third-order valence-corrected chi connectivity index (χ3v) is 5.07. The van der Waals surface area contributed by atoms with Gasteiger partial charge in [0.05, 0.1) is 17.4 Å². The van der Waals surface area contributed by atoms with E-state index >= 15 is 0 Å². The number of nitrogens with one attached hydrogen (secondary N) is 1. The lowest BCUT2D eigenvalue weighted by Gasteiger charge is -2.07. The summed E-state index contributed by atoms with van der Waals surface area (Å²) in [4.78, 5) is 24.7. The van der Waals surface area contributed by atoms with Gasteiger partial charge in [0.15, 0.2) is 0 Å². The van der Waals surface area contributed by atoms with E-state index in [0.29, 0.717) is 23.2 Å². The number of rotatable bonds is 4. The Morgan fingerprint density at radius 3 is 2.35 bits per heavy atom. The van der Waals surface area contributed by atoms with E-state index in [2.05, 4.69) is 5.32 Å². The van der Waals surface area contributed by atoms with Gasteiger partial charge >= 0.3 is 0 Å². The lowest BCUT2D eigenvalue weighted by atomic mass is 10.2. The average molecular weight is 360 g/mol. The molecular formula is C21H16N2O2S. The van der Waals surface area contributed by atoms with Gasteiger partial charge in [-0.25, -0.2) is 0 Å². The summed E-state index contributed by atoms with van der Waals surface area (Å²) in [7, 11) is 0. The third kappa shape index (κ3) is 3.30. The van der Waals surface area contributed by atoms with Gasteiger partial charge in [-0.15, -0.1) is 0 Å². The van der Waals surface area contributed by atoms with Crippen LogP contribution in [-0.4, -0.2) is 9.86 Å². The van der Waals surface area contributed by atoms with Crippen LogP contribution in [0.1, 0.15) is 15.9 Å². The zero-order valence-corrected chi connectivity index (χ0v) is 14.7. The van der Waals surface area contributed by atoms with E-state index in [-0.39, 0.29) is 10.6 Å². The first-order chi connectivity index (χ1) is 12.7. The summed E-state index contributed by atoms with van der Waals surface area (Å²) < 4.78 is 1.97. The van der Waals surface area contributed by atoms with Crippen LogP contribution in [0.15, 0.2) is 83.7 Å². The van der Waals surface area contributed by atoms with Crippen molar-refractivity contribution in [1.29, 1.82) is 0 Å². The Bertz CT molecular complexity index is 1120. The lowest BCUT2D eigenvalue weighted by molar-refractivity contribution is 0.102. The van der Waals surface area contributed by atoms with E-state index in [0.717, 1.165) is 11.1 Å². The van der Waals surface area contributed by atoms with E-state index in [1.165, 1.54) is 11.5 Å². The van der Waals surface area contributed by atoms with Crippen molar-refractivity contribution in [1.82, 2.24) is 3.96 Å². The molecule has 1 aromatic heterocycles. The van der Waals surface area contributed by atoms with Gasteiger partial charge in [0.25, 0.3) is 10.6 Å². The van der Waals surface area contributed by atoms with Crippen molar-refractivity contribution in [3.63, 3.8) is 0 Å². The van der Waals surface area contributed by atoms with Crippen molar-refractivity contribution < 1.29 is 4.79 Å². The Kier molecular flexibility index (Phi) is 4.37. The number of anilines is 1. The Morgan fingerprint density at radius 2 is 1.62 bits per heavy atom. The maximum Gasteiger partial charge on any atom is 0.257 e. The molecule has 0 spiro atoms. The third-order valence-electron chi connectivity index (χ3n) is 4.14. The van der Waals surface area contributed by atoms with E-state index in [9.17, 15) is 9.59 Å². The van der Waals surface area contributed by atoms with Gasteiger partial charge in [-0.1, -0.05) is 48.5 Å². The topological polar surface area (TPSA) is 51.1 Å². The van der Waals surface area contributed by atoms with E-state index in [4.69, 9.17) is 0 Å². The molecule has 0 bridgehead atoms. The first-order valence-electron chi connectivity index (χ1n) is 8.25. The number of nitrogens with zero attached hydrogens (tertiary/aromatic N) is 1. The van der Waals surface area contributed by atoms with Crippen LogP contribution >= 0.6 is 11.5 Å². The maximum atomic E-state index is 12.4. The molecule has 3 aromatic carbocycles. The molecule has 128 valence electrons. The van der Waals surface area contributed by atoms with Crippen LogP contribution in [0, 0.1) is 0 Å². The zero-order chi connectivity index (χ0) is 17.9. The fourth-order valence-corrected chi connectivity index (χ4v) is 3.79. The second-order valence-corrected chi connectivity index (χ2v) is 6.95. The quantitative estimate of drug-likeness (QED) is 0.588. The molecule has 0 aliphatic rings. The number of hydrogen-bond acceptors (Lipinski definition) is 3. The average Bonchev–Trinajstić information content (AvgIpc) is 2.98. The molecule has 5 heteroatoms. The van der Waals surface area contributed by atoms with Gasteiger partial charge in [0.1, 0.15) is 0 Å². The molecule has 0 fully saturated rings. The smallest absolute Gasteiger partial charge is 0.257 e. The van der Waals surface area contributed by atoms with Crippen molar-refractivity contribution in [3.05, 3.63) is 99.5 Å². The largest absolute Gasteiger partial charge is 0.322 e. The number of amides is 1. The summed E-state index contributed by atoms with van der Waals surface area (Å²) in [5, 5.41) is 3.48. The minimum atomic E-state index is -0.190. The van der Waals surface area contributed by atoms with Crippen LogP contribution in [-0.2, 0) is 6.54 Å². The van der Waals surface area contributed by atoms with Crippen LogP contribution in [0.3, 0.4) is 0 Å². The number of carbonyl (C=O) groups is 1. The lowest BCUT2D eigenvalue weighted by Crippen LogP contribution is -2.11. The molecule has 0 saturated heterocycles. The zero-order valence-electron chi connectivity index (χ0n) is 13.9. The molecular weight excluding hydrogens is 344 g/mol. The van der Waals surface area contributed by atoms with Crippen LogP contribution in [0.25, 0.3) is 10.9 Å². The highest BCUT2D eigenvalue weighted by Gasteiger charge is 2.11. The predicted molar refractivity (Wildman–Crippen MR) is 106 cm³/mol. The second kappa shape index (κ2) is 6.98. The Hall–Kier alpha value is -3.18. The van der Waals surface area contributed by atoms with E-state index < -0.39 is 0 Å². The summed E-state index contributed by atoms with van der Waals surface area (Å²) in [5.74, 6) is -0.190. The van der Waals surface area contributed by atoms with Crippen LogP contribution in [0.4, 0.5) is 5.69 Å². The van der Waals surface area contributed by atoms with E-state index in [1.54, 1.807) is 18.2 Å². The minimum absolute atomic E-state index is 0.00765. The summed E-state index contributed by atoms with van der Waals surface area (Å²) >= 11 is 1.19. The highest BCUT2D eigenvalue weighted by molar-refractivity contribution is 7.05.